The fourth-order valence-corrected chi connectivity index (χ4v) is 1.55. The molecular formula is C13H20N2O. The summed E-state index contributed by atoms with van der Waals surface area (Å²) in [6.07, 6.45) is 0.924. The molecule has 0 aliphatic carbocycles. The monoisotopic (exact) mass is 220 g/mol. The van der Waals surface area contributed by atoms with E-state index < -0.39 is 0 Å². The summed E-state index contributed by atoms with van der Waals surface area (Å²) in [6, 6.07) is 8.55. The largest absolute Gasteiger partial charge is 0.369 e. The van der Waals surface area contributed by atoms with Crippen LogP contribution in [0.5, 0.6) is 0 Å². The van der Waals surface area contributed by atoms with Crippen LogP contribution in [0.15, 0.2) is 24.3 Å². The Morgan fingerprint density at radius 1 is 1.44 bits per heavy atom. The molecule has 0 spiro atoms. The quantitative estimate of drug-likeness (QED) is 0.712. The molecule has 0 saturated heterocycles. The summed E-state index contributed by atoms with van der Waals surface area (Å²) in [4.78, 5) is 10.5. The van der Waals surface area contributed by atoms with Crippen molar-refractivity contribution >= 4 is 5.91 Å². The minimum atomic E-state index is -0.309. The first kappa shape index (κ1) is 12.7. The van der Waals surface area contributed by atoms with Gasteiger partial charge in [0.25, 0.3) is 0 Å². The van der Waals surface area contributed by atoms with Crippen molar-refractivity contribution in [3.63, 3.8) is 0 Å². The molecule has 3 heteroatoms. The Kier molecular flexibility index (Phi) is 4.99. The van der Waals surface area contributed by atoms with Gasteiger partial charge in [0.1, 0.15) is 0 Å². The van der Waals surface area contributed by atoms with Gasteiger partial charge in [-0.3, -0.25) is 4.79 Å². The van der Waals surface area contributed by atoms with Crippen molar-refractivity contribution in [1.82, 2.24) is 5.32 Å². The SMILES string of the molecule is CC(C)c1cccc(CCNCC(N)=O)c1. The van der Waals surface area contributed by atoms with Gasteiger partial charge in [0.05, 0.1) is 6.54 Å². The van der Waals surface area contributed by atoms with Gasteiger partial charge in [0.2, 0.25) is 5.91 Å². The standard InChI is InChI=1S/C13H20N2O/c1-10(2)12-5-3-4-11(8-12)6-7-15-9-13(14)16/h3-5,8,10,15H,6-7,9H2,1-2H3,(H2,14,16). The molecule has 1 aromatic rings. The molecule has 0 heterocycles. The zero-order chi connectivity index (χ0) is 12.0. The van der Waals surface area contributed by atoms with Crippen LogP contribution in [0.3, 0.4) is 0 Å². The van der Waals surface area contributed by atoms with Crippen LogP contribution in [0, 0.1) is 0 Å². The van der Waals surface area contributed by atoms with Gasteiger partial charge in [-0.1, -0.05) is 38.1 Å². The van der Waals surface area contributed by atoms with Gasteiger partial charge in [0, 0.05) is 0 Å². The van der Waals surface area contributed by atoms with E-state index in [9.17, 15) is 4.79 Å². The van der Waals surface area contributed by atoms with Gasteiger partial charge in [0.15, 0.2) is 0 Å². The number of hydrogen-bond acceptors (Lipinski definition) is 2. The molecule has 0 atom stereocenters. The van der Waals surface area contributed by atoms with Crippen molar-refractivity contribution in [2.45, 2.75) is 26.2 Å². The lowest BCUT2D eigenvalue weighted by atomic mass is 10.00. The summed E-state index contributed by atoms with van der Waals surface area (Å²) in [5.41, 5.74) is 7.68. The summed E-state index contributed by atoms with van der Waals surface area (Å²) in [6.45, 7) is 5.41. The molecule has 3 N–H and O–H groups in total. The molecular weight excluding hydrogens is 200 g/mol. The minimum Gasteiger partial charge on any atom is -0.369 e. The lowest BCUT2D eigenvalue weighted by molar-refractivity contribution is -0.117. The molecule has 0 bridgehead atoms. The van der Waals surface area contributed by atoms with E-state index >= 15 is 0 Å². The second-order valence-corrected chi connectivity index (χ2v) is 4.29. The third kappa shape index (κ3) is 4.45. The van der Waals surface area contributed by atoms with E-state index in [1.165, 1.54) is 11.1 Å². The maximum atomic E-state index is 10.5. The van der Waals surface area contributed by atoms with Crippen LogP contribution in [0.4, 0.5) is 0 Å². The van der Waals surface area contributed by atoms with Crippen LogP contribution in [0.1, 0.15) is 30.9 Å². The third-order valence-corrected chi connectivity index (χ3v) is 2.51. The van der Waals surface area contributed by atoms with Gasteiger partial charge in [-0.05, 0) is 30.0 Å². The number of carbonyl (C=O) groups excluding carboxylic acids is 1. The van der Waals surface area contributed by atoms with Crippen LogP contribution in [0.25, 0.3) is 0 Å². The molecule has 1 aromatic carbocycles. The molecule has 88 valence electrons. The zero-order valence-electron chi connectivity index (χ0n) is 9.99. The van der Waals surface area contributed by atoms with E-state index in [1.807, 2.05) is 0 Å². The van der Waals surface area contributed by atoms with E-state index in [0.29, 0.717) is 5.92 Å². The molecule has 1 amide bonds. The van der Waals surface area contributed by atoms with E-state index in [1.54, 1.807) is 0 Å². The summed E-state index contributed by atoms with van der Waals surface area (Å²) in [7, 11) is 0. The highest BCUT2D eigenvalue weighted by Crippen LogP contribution is 2.15. The highest BCUT2D eigenvalue weighted by Gasteiger charge is 2.00. The number of hydrogen-bond donors (Lipinski definition) is 2. The molecule has 1 rings (SSSR count). The second-order valence-electron chi connectivity index (χ2n) is 4.29. The molecule has 0 unspecified atom stereocenters. The first-order valence-corrected chi connectivity index (χ1v) is 5.67. The molecule has 0 aromatic heterocycles. The zero-order valence-corrected chi connectivity index (χ0v) is 9.99. The lowest BCUT2D eigenvalue weighted by Gasteiger charge is -2.08. The van der Waals surface area contributed by atoms with Crippen molar-refractivity contribution in [1.29, 1.82) is 0 Å². The summed E-state index contributed by atoms with van der Waals surface area (Å²) < 4.78 is 0. The Morgan fingerprint density at radius 2 is 2.19 bits per heavy atom. The number of benzene rings is 1. The van der Waals surface area contributed by atoms with E-state index in [-0.39, 0.29) is 12.5 Å². The highest BCUT2D eigenvalue weighted by atomic mass is 16.1. The maximum Gasteiger partial charge on any atom is 0.231 e. The average molecular weight is 220 g/mol. The number of amides is 1. The van der Waals surface area contributed by atoms with Crippen molar-refractivity contribution in [2.24, 2.45) is 5.73 Å². The van der Waals surface area contributed by atoms with Gasteiger partial charge in [-0.25, -0.2) is 0 Å². The number of primary amides is 1. The predicted octanol–water partition coefficient (Wildman–Crippen LogP) is 1.43. The van der Waals surface area contributed by atoms with Crippen molar-refractivity contribution < 1.29 is 4.79 Å². The molecule has 16 heavy (non-hydrogen) atoms. The summed E-state index contributed by atoms with van der Waals surface area (Å²) in [5, 5.41) is 3.01. The molecule has 3 nitrogen and oxygen atoms in total. The van der Waals surface area contributed by atoms with E-state index in [4.69, 9.17) is 5.73 Å². The maximum absolute atomic E-state index is 10.5. The number of nitrogens with one attached hydrogen (secondary N) is 1. The summed E-state index contributed by atoms with van der Waals surface area (Å²) in [5.74, 6) is 0.245. The normalized spacial score (nSPS) is 10.7. The van der Waals surface area contributed by atoms with Crippen LogP contribution < -0.4 is 11.1 Å². The molecule has 0 radical (unpaired) electrons. The molecule has 0 aliphatic rings. The Bertz CT molecular complexity index is 348. The van der Waals surface area contributed by atoms with Crippen LogP contribution in [-0.2, 0) is 11.2 Å². The van der Waals surface area contributed by atoms with E-state index in [0.717, 1.165) is 13.0 Å². The predicted molar refractivity (Wildman–Crippen MR) is 66.3 cm³/mol. The first-order chi connectivity index (χ1) is 7.59. The third-order valence-electron chi connectivity index (χ3n) is 2.51. The Morgan fingerprint density at radius 3 is 2.81 bits per heavy atom. The van der Waals surface area contributed by atoms with Crippen LogP contribution >= 0.6 is 0 Å². The van der Waals surface area contributed by atoms with Crippen molar-refractivity contribution in [3.05, 3.63) is 35.4 Å². The lowest BCUT2D eigenvalue weighted by Crippen LogP contribution is -2.29. The topological polar surface area (TPSA) is 55.1 Å². The van der Waals surface area contributed by atoms with Crippen LogP contribution in [-0.4, -0.2) is 19.0 Å². The van der Waals surface area contributed by atoms with Gasteiger partial charge < -0.3 is 11.1 Å². The number of rotatable bonds is 6. The molecule has 0 aliphatic heterocycles. The van der Waals surface area contributed by atoms with Crippen molar-refractivity contribution in [2.75, 3.05) is 13.1 Å². The Balaban J connectivity index is 2.42. The van der Waals surface area contributed by atoms with Crippen molar-refractivity contribution in [3.8, 4) is 0 Å². The fraction of sp³-hybridized carbons (Fsp3) is 0.462. The van der Waals surface area contributed by atoms with Gasteiger partial charge >= 0.3 is 0 Å². The van der Waals surface area contributed by atoms with Gasteiger partial charge in [-0.15, -0.1) is 0 Å². The number of carbonyl (C=O) groups is 1. The smallest absolute Gasteiger partial charge is 0.231 e. The second kappa shape index (κ2) is 6.28. The average Bonchev–Trinajstić information content (AvgIpc) is 2.24. The molecule has 0 fully saturated rings. The number of nitrogens with two attached hydrogens (primary N) is 1. The highest BCUT2D eigenvalue weighted by molar-refractivity contribution is 5.75. The fourth-order valence-electron chi connectivity index (χ4n) is 1.55. The van der Waals surface area contributed by atoms with Gasteiger partial charge in [-0.2, -0.15) is 0 Å². The Hall–Kier alpha value is -1.35. The summed E-state index contributed by atoms with van der Waals surface area (Å²) >= 11 is 0. The van der Waals surface area contributed by atoms with E-state index in [2.05, 4.69) is 43.4 Å². The first-order valence-electron chi connectivity index (χ1n) is 5.67. The minimum absolute atomic E-state index is 0.254. The molecule has 0 saturated carbocycles. The Labute approximate surface area is 97.0 Å². The van der Waals surface area contributed by atoms with Crippen LogP contribution in [0.2, 0.25) is 0 Å².